The maximum Gasteiger partial charge on any atom is 0.338 e. The number of benzene rings is 2. The van der Waals surface area contributed by atoms with Crippen molar-refractivity contribution < 1.29 is 28.6 Å². The molecule has 0 saturated heterocycles. The fraction of sp³-hybridized carbons (Fsp3) is 0.167. The SMILES string of the molecule is CNC(=O)c1ccc(NC(=O)COC(=O)c2ccc3c(c2)OCO3)cc1. The monoisotopic (exact) mass is 356 g/mol. The zero-order valence-electron chi connectivity index (χ0n) is 13.9. The van der Waals surface area contributed by atoms with Crippen LogP contribution in [0.5, 0.6) is 11.5 Å². The lowest BCUT2D eigenvalue weighted by Gasteiger charge is -2.08. The quantitative estimate of drug-likeness (QED) is 0.789. The van der Waals surface area contributed by atoms with E-state index in [1.165, 1.54) is 19.2 Å². The molecule has 2 N–H and O–H groups in total. The highest BCUT2D eigenvalue weighted by atomic mass is 16.7. The summed E-state index contributed by atoms with van der Waals surface area (Å²) in [4.78, 5) is 35.4. The third-order valence-corrected chi connectivity index (χ3v) is 3.60. The molecule has 8 heteroatoms. The third kappa shape index (κ3) is 3.92. The molecule has 2 aromatic rings. The van der Waals surface area contributed by atoms with Crippen molar-refractivity contribution in [3.63, 3.8) is 0 Å². The molecule has 2 aromatic carbocycles. The molecular formula is C18H16N2O6. The van der Waals surface area contributed by atoms with E-state index in [1.807, 2.05) is 0 Å². The maximum absolute atomic E-state index is 12.0. The van der Waals surface area contributed by atoms with Gasteiger partial charge in [0.15, 0.2) is 18.1 Å². The van der Waals surface area contributed by atoms with Crippen LogP contribution in [0.15, 0.2) is 42.5 Å². The summed E-state index contributed by atoms with van der Waals surface area (Å²) in [7, 11) is 1.53. The van der Waals surface area contributed by atoms with Crippen LogP contribution in [0, 0.1) is 0 Å². The minimum absolute atomic E-state index is 0.106. The molecule has 0 fully saturated rings. The van der Waals surface area contributed by atoms with Gasteiger partial charge in [-0.1, -0.05) is 0 Å². The topological polar surface area (TPSA) is 103 Å². The van der Waals surface area contributed by atoms with E-state index >= 15 is 0 Å². The average Bonchev–Trinajstić information content (AvgIpc) is 3.13. The van der Waals surface area contributed by atoms with Crippen LogP contribution in [0.3, 0.4) is 0 Å². The molecule has 0 spiro atoms. The van der Waals surface area contributed by atoms with Gasteiger partial charge >= 0.3 is 5.97 Å². The minimum atomic E-state index is -0.645. The zero-order valence-corrected chi connectivity index (χ0v) is 13.9. The average molecular weight is 356 g/mol. The summed E-state index contributed by atoms with van der Waals surface area (Å²) >= 11 is 0. The molecule has 3 rings (SSSR count). The van der Waals surface area contributed by atoms with Crippen molar-refractivity contribution in [2.24, 2.45) is 0 Å². The number of hydrogen-bond acceptors (Lipinski definition) is 6. The molecule has 1 heterocycles. The van der Waals surface area contributed by atoms with Crippen molar-refractivity contribution in [1.29, 1.82) is 0 Å². The van der Waals surface area contributed by atoms with Crippen LogP contribution >= 0.6 is 0 Å². The maximum atomic E-state index is 12.0. The molecule has 2 amide bonds. The van der Waals surface area contributed by atoms with Gasteiger partial charge in [-0.05, 0) is 42.5 Å². The largest absolute Gasteiger partial charge is 0.454 e. The Morgan fingerprint density at radius 3 is 2.42 bits per heavy atom. The standard InChI is InChI=1S/C18H16N2O6/c1-19-17(22)11-2-5-13(6-3-11)20-16(21)9-24-18(23)12-4-7-14-15(8-12)26-10-25-14/h2-8H,9-10H2,1H3,(H,19,22)(H,20,21). The lowest BCUT2D eigenvalue weighted by atomic mass is 10.2. The van der Waals surface area contributed by atoms with Gasteiger partial charge in [-0.25, -0.2) is 4.79 Å². The highest BCUT2D eigenvalue weighted by molar-refractivity contribution is 5.97. The summed E-state index contributed by atoms with van der Waals surface area (Å²) in [6.07, 6.45) is 0. The molecule has 0 saturated carbocycles. The summed E-state index contributed by atoms with van der Waals surface area (Å²) in [5.41, 5.74) is 1.22. The second kappa shape index (κ2) is 7.56. The molecule has 0 bridgehead atoms. The summed E-state index contributed by atoms with van der Waals surface area (Å²) in [6.45, 7) is -0.334. The second-order valence-corrected chi connectivity index (χ2v) is 5.35. The number of rotatable bonds is 5. The molecule has 0 radical (unpaired) electrons. The van der Waals surface area contributed by atoms with Crippen molar-refractivity contribution in [1.82, 2.24) is 5.32 Å². The minimum Gasteiger partial charge on any atom is -0.454 e. The van der Waals surface area contributed by atoms with Crippen molar-refractivity contribution in [3.8, 4) is 11.5 Å². The Morgan fingerprint density at radius 2 is 1.69 bits per heavy atom. The molecule has 8 nitrogen and oxygen atoms in total. The lowest BCUT2D eigenvalue weighted by Crippen LogP contribution is -2.21. The number of hydrogen-bond donors (Lipinski definition) is 2. The second-order valence-electron chi connectivity index (χ2n) is 5.35. The fourth-order valence-corrected chi connectivity index (χ4v) is 2.28. The molecule has 1 aliphatic rings. The molecule has 0 aromatic heterocycles. The summed E-state index contributed by atoms with van der Waals surface area (Å²) in [5.74, 6) is -0.347. The van der Waals surface area contributed by atoms with Crippen LogP contribution in [0.1, 0.15) is 20.7 Å². The summed E-state index contributed by atoms with van der Waals surface area (Å²) in [6, 6.07) is 11.0. The van der Waals surface area contributed by atoms with Crippen LogP contribution in [0.2, 0.25) is 0 Å². The highest BCUT2D eigenvalue weighted by Gasteiger charge is 2.17. The molecule has 26 heavy (non-hydrogen) atoms. The van der Waals surface area contributed by atoms with E-state index < -0.39 is 18.5 Å². The predicted molar refractivity (Wildman–Crippen MR) is 91.3 cm³/mol. The summed E-state index contributed by atoms with van der Waals surface area (Å²) < 4.78 is 15.3. The Bertz CT molecular complexity index is 847. The first-order valence-electron chi connectivity index (χ1n) is 7.75. The van der Waals surface area contributed by atoms with Gasteiger partial charge in [0.2, 0.25) is 6.79 Å². The number of amides is 2. The number of ether oxygens (including phenoxy) is 3. The van der Waals surface area contributed by atoms with E-state index in [9.17, 15) is 14.4 Å². The van der Waals surface area contributed by atoms with Gasteiger partial charge in [0.05, 0.1) is 5.56 Å². The third-order valence-electron chi connectivity index (χ3n) is 3.60. The van der Waals surface area contributed by atoms with E-state index in [0.29, 0.717) is 22.7 Å². The van der Waals surface area contributed by atoms with E-state index in [2.05, 4.69) is 10.6 Å². The number of carbonyl (C=O) groups is 3. The highest BCUT2D eigenvalue weighted by Crippen LogP contribution is 2.32. The van der Waals surface area contributed by atoms with Gasteiger partial charge in [0.1, 0.15) is 0 Å². The molecular weight excluding hydrogens is 340 g/mol. The Hall–Kier alpha value is -3.55. The Morgan fingerprint density at radius 1 is 1.00 bits per heavy atom. The fourth-order valence-electron chi connectivity index (χ4n) is 2.28. The predicted octanol–water partition coefficient (Wildman–Crippen LogP) is 1.57. The van der Waals surface area contributed by atoms with Gasteiger partial charge in [-0.15, -0.1) is 0 Å². The van der Waals surface area contributed by atoms with Crippen LogP contribution in [-0.4, -0.2) is 38.2 Å². The first-order chi connectivity index (χ1) is 12.6. The Kier molecular flexibility index (Phi) is 5.02. The van der Waals surface area contributed by atoms with E-state index in [-0.39, 0.29) is 18.3 Å². The molecule has 0 unspecified atom stereocenters. The van der Waals surface area contributed by atoms with Gasteiger partial charge in [0.25, 0.3) is 11.8 Å². The smallest absolute Gasteiger partial charge is 0.338 e. The van der Waals surface area contributed by atoms with Gasteiger partial charge < -0.3 is 24.8 Å². The molecule has 0 aliphatic carbocycles. The molecule has 134 valence electrons. The van der Waals surface area contributed by atoms with Crippen LogP contribution < -0.4 is 20.1 Å². The van der Waals surface area contributed by atoms with Crippen molar-refractivity contribution in [3.05, 3.63) is 53.6 Å². The number of esters is 1. The zero-order chi connectivity index (χ0) is 18.5. The van der Waals surface area contributed by atoms with Crippen LogP contribution in [0.4, 0.5) is 5.69 Å². The van der Waals surface area contributed by atoms with E-state index in [0.717, 1.165) is 0 Å². The van der Waals surface area contributed by atoms with Gasteiger partial charge in [0, 0.05) is 18.3 Å². The normalized spacial score (nSPS) is 11.6. The van der Waals surface area contributed by atoms with E-state index in [1.54, 1.807) is 30.3 Å². The van der Waals surface area contributed by atoms with Gasteiger partial charge in [-0.3, -0.25) is 9.59 Å². The van der Waals surface area contributed by atoms with Crippen LogP contribution in [-0.2, 0) is 9.53 Å². The van der Waals surface area contributed by atoms with Gasteiger partial charge in [-0.2, -0.15) is 0 Å². The number of fused-ring (bicyclic) bond motifs is 1. The first kappa shape index (κ1) is 17.3. The molecule has 0 atom stereocenters. The summed E-state index contributed by atoms with van der Waals surface area (Å²) in [5, 5.41) is 5.09. The molecule has 1 aliphatic heterocycles. The van der Waals surface area contributed by atoms with Crippen LogP contribution in [0.25, 0.3) is 0 Å². The van der Waals surface area contributed by atoms with E-state index in [4.69, 9.17) is 14.2 Å². The van der Waals surface area contributed by atoms with Crippen molar-refractivity contribution in [2.45, 2.75) is 0 Å². The Labute approximate surface area is 149 Å². The first-order valence-corrected chi connectivity index (χ1v) is 7.75. The van der Waals surface area contributed by atoms with Crippen molar-refractivity contribution >= 4 is 23.5 Å². The number of nitrogens with one attached hydrogen (secondary N) is 2. The number of anilines is 1. The number of carbonyl (C=O) groups excluding carboxylic acids is 3. The Balaban J connectivity index is 1.52. The van der Waals surface area contributed by atoms with Crippen molar-refractivity contribution in [2.75, 3.05) is 25.8 Å². The lowest BCUT2D eigenvalue weighted by molar-refractivity contribution is -0.119.